The van der Waals surface area contributed by atoms with Gasteiger partial charge < -0.3 is 54.7 Å². The number of halogens is 1. The van der Waals surface area contributed by atoms with Gasteiger partial charge in [-0.2, -0.15) is 0 Å². The molecule has 15 heteroatoms. The maximum atomic E-state index is 10.8. The number of benzene rings is 1. The number of nitrogens with zero attached hydrogens (tertiary/aromatic N) is 1. The Bertz CT molecular complexity index is 827. The fourth-order valence-electron chi connectivity index (χ4n) is 3.48. The van der Waals surface area contributed by atoms with Crippen molar-refractivity contribution in [1.82, 2.24) is 0 Å². The minimum Gasteiger partial charge on any atom is -0.460 e. The van der Waals surface area contributed by atoms with Crippen molar-refractivity contribution in [3.8, 4) is 5.75 Å². The van der Waals surface area contributed by atoms with Gasteiger partial charge in [-0.05, 0) is 6.07 Å². The molecule has 0 aromatic heterocycles. The summed E-state index contributed by atoms with van der Waals surface area (Å²) in [7, 11) is 0. The van der Waals surface area contributed by atoms with Gasteiger partial charge in [-0.25, -0.2) is 0 Å². The summed E-state index contributed by atoms with van der Waals surface area (Å²) in [4.78, 5) is 10.2. The second-order valence-electron chi connectivity index (χ2n) is 7.49. The van der Waals surface area contributed by atoms with Gasteiger partial charge in [-0.15, -0.1) is 0 Å². The Morgan fingerprint density at radius 2 is 1.52 bits per heavy atom. The lowest BCUT2D eigenvalue weighted by Gasteiger charge is -2.45. The number of hydrogen-bond donors (Lipinski definition) is 7. The van der Waals surface area contributed by atoms with Crippen molar-refractivity contribution in [1.29, 1.82) is 0 Å². The van der Waals surface area contributed by atoms with Gasteiger partial charge in [0.25, 0.3) is 5.69 Å². The van der Waals surface area contributed by atoms with Crippen LogP contribution in [0, 0.1) is 10.1 Å². The Kier molecular flexibility index (Phi) is 8.41. The highest BCUT2D eigenvalue weighted by molar-refractivity contribution is 6.32. The first-order valence-corrected chi connectivity index (χ1v) is 10.2. The van der Waals surface area contributed by atoms with Crippen molar-refractivity contribution in [3.05, 3.63) is 33.3 Å². The van der Waals surface area contributed by atoms with Crippen LogP contribution in [-0.4, -0.2) is 115 Å². The predicted octanol–water partition coefficient (Wildman–Crippen LogP) is -2.75. The third kappa shape index (κ3) is 5.36. The van der Waals surface area contributed by atoms with Crippen molar-refractivity contribution in [2.45, 2.75) is 61.4 Å². The van der Waals surface area contributed by atoms with Crippen LogP contribution in [0.4, 0.5) is 5.69 Å². The van der Waals surface area contributed by atoms with Crippen molar-refractivity contribution in [3.63, 3.8) is 0 Å². The van der Waals surface area contributed by atoms with E-state index >= 15 is 0 Å². The molecule has 0 bridgehead atoms. The molecule has 0 spiro atoms. The van der Waals surface area contributed by atoms with E-state index in [0.717, 1.165) is 18.2 Å². The molecule has 1 aromatic carbocycles. The van der Waals surface area contributed by atoms with E-state index in [2.05, 4.69) is 0 Å². The highest BCUT2D eigenvalue weighted by atomic mass is 35.5. The molecule has 0 unspecified atom stereocenters. The molecule has 1 aromatic rings. The van der Waals surface area contributed by atoms with Crippen molar-refractivity contribution < 1.29 is 59.6 Å². The highest BCUT2D eigenvalue weighted by Crippen LogP contribution is 2.33. The van der Waals surface area contributed by atoms with Crippen LogP contribution >= 0.6 is 11.6 Å². The predicted molar refractivity (Wildman–Crippen MR) is 105 cm³/mol. The number of non-ortho nitro benzene ring substituents is 1. The monoisotopic (exact) mass is 497 g/mol. The molecule has 10 atom stereocenters. The van der Waals surface area contributed by atoms with Gasteiger partial charge in [0.1, 0.15) is 54.6 Å². The molecule has 2 fully saturated rings. The van der Waals surface area contributed by atoms with Crippen LogP contribution in [0.15, 0.2) is 18.2 Å². The summed E-state index contributed by atoms with van der Waals surface area (Å²) < 4.78 is 21.5. The van der Waals surface area contributed by atoms with Crippen molar-refractivity contribution >= 4 is 17.3 Å². The van der Waals surface area contributed by atoms with E-state index in [9.17, 15) is 45.9 Å². The number of nitro benzene ring substituents is 1. The summed E-state index contributed by atoms with van der Waals surface area (Å²) in [6.45, 7) is -1.47. The number of hydrogen-bond acceptors (Lipinski definition) is 13. The molecule has 2 saturated heterocycles. The Labute approximate surface area is 191 Å². The third-order valence-electron chi connectivity index (χ3n) is 5.33. The number of nitro groups is 1. The fraction of sp³-hybridized carbons (Fsp3) is 0.667. The first-order chi connectivity index (χ1) is 15.6. The maximum Gasteiger partial charge on any atom is 0.271 e. The molecule has 186 valence electrons. The SMILES string of the molecule is O=[N+]([O-])c1ccc(O[C@H]2O[C@H](CO)[C@@H](O[C@@H]3O[C@H](CO)[C@@H](O)[C@H](O)[C@@H]3O)[C@H](O)[C@@H]2O)c(Cl)c1. The lowest BCUT2D eigenvalue weighted by atomic mass is 9.97. The van der Waals surface area contributed by atoms with Gasteiger partial charge in [0.05, 0.1) is 23.2 Å². The first-order valence-electron chi connectivity index (χ1n) is 9.78. The highest BCUT2D eigenvalue weighted by Gasteiger charge is 2.51. The molecule has 7 N–H and O–H groups in total. The molecule has 2 aliphatic heterocycles. The molecular formula is C18H24ClNO13. The normalized spacial score (nSPS) is 39.3. The van der Waals surface area contributed by atoms with Crippen LogP contribution in [0.3, 0.4) is 0 Å². The molecule has 33 heavy (non-hydrogen) atoms. The van der Waals surface area contributed by atoms with Crippen LogP contribution in [0.5, 0.6) is 5.75 Å². The molecule has 0 saturated carbocycles. The maximum absolute atomic E-state index is 10.8. The van der Waals surface area contributed by atoms with E-state index in [1.165, 1.54) is 0 Å². The summed E-state index contributed by atoms with van der Waals surface area (Å²) in [6.07, 6.45) is -16.1. The molecule has 0 aliphatic carbocycles. The van der Waals surface area contributed by atoms with Gasteiger partial charge in [0.2, 0.25) is 6.29 Å². The van der Waals surface area contributed by atoms with Crippen LogP contribution in [0.1, 0.15) is 0 Å². The second kappa shape index (κ2) is 10.7. The summed E-state index contributed by atoms with van der Waals surface area (Å²) in [5, 5.41) is 80.5. The van der Waals surface area contributed by atoms with Crippen LogP contribution in [0.25, 0.3) is 0 Å². The zero-order valence-corrected chi connectivity index (χ0v) is 17.6. The first kappa shape index (κ1) is 25.9. The van der Waals surface area contributed by atoms with E-state index in [-0.39, 0.29) is 16.5 Å². The van der Waals surface area contributed by atoms with Crippen molar-refractivity contribution in [2.24, 2.45) is 0 Å². The minimum absolute atomic E-state index is 0.108. The molecule has 0 radical (unpaired) electrons. The molecule has 2 heterocycles. The minimum atomic E-state index is -1.79. The molecule has 2 aliphatic rings. The molecule has 0 amide bonds. The lowest BCUT2D eigenvalue weighted by molar-refractivity contribution is -0.384. The van der Waals surface area contributed by atoms with Gasteiger partial charge in [-0.1, -0.05) is 11.6 Å². The lowest BCUT2D eigenvalue weighted by Crippen LogP contribution is -2.65. The van der Waals surface area contributed by atoms with E-state index in [4.69, 9.17) is 30.5 Å². The van der Waals surface area contributed by atoms with E-state index in [0.29, 0.717) is 0 Å². The largest absolute Gasteiger partial charge is 0.460 e. The number of aliphatic hydroxyl groups is 7. The van der Waals surface area contributed by atoms with Crippen LogP contribution in [0.2, 0.25) is 5.02 Å². The smallest absolute Gasteiger partial charge is 0.271 e. The fourth-order valence-corrected chi connectivity index (χ4v) is 3.70. The van der Waals surface area contributed by atoms with E-state index in [1.54, 1.807) is 0 Å². The zero-order chi connectivity index (χ0) is 24.4. The summed E-state index contributed by atoms with van der Waals surface area (Å²) >= 11 is 5.96. The van der Waals surface area contributed by atoms with Crippen LogP contribution < -0.4 is 4.74 Å². The van der Waals surface area contributed by atoms with Crippen LogP contribution in [-0.2, 0) is 14.2 Å². The van der Waals surface area contributed by atoms with Gasteiger partial charge in [0, 0.05) is 12.1 Å². The molecular weight excluding hydrogens is 474 g/mol. The second-order valence-corrected chi connectivity index (χ2v) is 7.90. The molecule has 14 nitrogen and oxygen atoms in total. The van der Waals surface area contributed by atoms with Gasteiger partial charge in [0.15, 0.2) is 6.29 Å². The number of ether oxygens (including phenoxy) is 4. The average Bonchev–Trinajstić information content (AvgIpc) is 2.79. The number of rotatable bonds is 7. The van der Waals surface area contributed by atoms with E-state index < -0.39 is 79.5 Å². The topological polar surface area (TPSA) is 222 Å². The third-order valence-corrected chi connectivity index (χ3v) is 5.63. The summed E-state index contributed by atoms with van der Waals surface area (Å²) in [5.74, 6) is -0.108. The Morgan fingerprint density at radius 1 is 0.909 bits per heavy atom. The average molecular weight is 498 g/mol. The van der Waals surface area contributed by atoms with Crippen molar-refractivity contribution in [2.75, 3.05) is 13.2 Å². The Morgan fingerprint density at radius 3 is 2.09 bits per heavy atom. The standard InChI is InChI=1S/C18H24ClNO13/c19-7-3-6(20(28)29)1-2-8(7)30-17-15(27)13(25)16(10(5-22)32-17)33-18-14(26)12(24)11(23)9(4-21)31-18/h1-3,9-18,21-27H,4-5H2/t9-,10-,11-,12+,13-,14+,15+,16-,17+,18+/m1/s1. The summed E-state index contributed by atoms with van der Waals surface area (Å²) in [5.41, 5.74) is -0.307. The van der Waals surface area contributed by atoms with Gasteiger partial charge in [-0.3, -0.25) is 10.1 Å². The summed E-state index contributed by atoms with van der Waals surface area (Å²) in [6, 6.07) is 3.27. The van der Waals surface area contributed by atoms with E-state index in [1.807, 2.05) is 0 Å². The van der Waals surface area contributed by atoms with Gasteiger partial charge >= 0.3 is 0 Å². The zero-order valence-electron chi connectivity index (χ0n) is 16.8. The Hall–Kier alpha value is -1.69. The quantitative estimate of drug-likeness (QED) is 0.150. The number of aliphatic hydroxyl groups excluding tert-OH is 7. The Balaban J connectivity index is 1.73. The molecule has 3 rings (SSSR count).